The number of alkyl halides is 1. The van der Waals surface area contributed by atoms with E-state index in [1.54, 1.807) is 11.1 Å². The van der Waals surface area contributed by atoms with Gasteiger partial charge in [-0.15, -0.1) is 18.2 Å². The number of allylic oxidation sites excluding steroid dienone is 5. The van der Waals surface area contributed by atoms with Gasteiger partial charge in [-0.3, -0.25) is 0 Å². The number of halogens is 1. The highest BCUT2D eigenvalue weighted by atomic mass is 35.5. The van der Waals surface area contributed by atoms with Gasteiger partial charge < -0.3 is 0 Å². The van der Waals surface area contributed by atoms with Gasteiger partial charge in [0.05, 0.1) is 0 Å². The Labute approximate surface area is 143 Å². The summed E-state index contributed by atoms with van der Waals surface area (Å²) in [6, 6.07) is 0. The summed E-state index contributed by atoms with van der Waals surface area (Å²) in [6.07, 6.45) is 18.2. The van der Waals surface area contributed by atoms with Crippen molar-refractivity contribution in [3.8, 4) is 0 Å². The van der Waals surface area contributed by atoms with Crippen LogP contribution in [0.2, 0.25) is 0 Å². The van der Waals surface area contributed by atoms with Gasteiger partial charge in [0, 0.05) is 17.2 Å². The molecule has 0 heterocycles. The topological polar surface area (TPSA) is 0 Å². The van der Waals surface area contributed by atoms with E-state index >= 15 is 0 Å². The van der Waals surface area contributed by atoms with Gasteiger partial charge in [-0.1, -0.05) is 75.8 Å². The van der Waals surface area contributed by atoms with Crippen molar-refractivity contribution in [2.75, 3.05) is 5.88 Å². The molecule has 2 atom stereocenters. The fourth-order valence-electron chi connectivity index (χ4n) is 3.62. The Morgan fingerprint density at radius 3 is 2.27 bits per heavy atom. The van der Waals surface area contributed by atoms with E-state index in [2.05, 4.69) is 45.6 Å². The van der Waals surface area contributed by atoms with Crippen LogP contribution in [0.1, 0.15) is 78.6 Å². The molecule has 2 unspecified atom stereocenters. The first-order chi connectivity index (χ1) is 10.7. The molecule has 0 radical (unpaired) electrons. The summed E-state index contributed by atoms with van der Waals surface area (Å²) >= 11 is 6.28. The van der Waals surface area contributed by atoms with Gasteiger partial charge in [0.25, 0.3) is 0 Å². The molecule has 0 aromatic rings. The minimum absolute atomic E-state index is 0.0941. The summed E-state index contributed by atoms with van der Waals surface area (Å²) in [5.41, 5.74) is 3.37. The van der Waals surface area contributed by atoms with Gasteiger partial charge in [0.2, 0.25) is 0 Å². The zero-order valence-corrected chi connectivity index (χ0v) is 15.7. The minimum atomic E-state index is 0.0941. The van der Waals surface area contributed by atoms with Crippen LogP contribution >= 0.6 is 11.6 Å². The molecule has 1 aliphatic carbocycles. The van der Waals surface area contributed by atoms with Crippen LogP contribution in [0.25, 0.3) is 0 Å². The smallest absolute Gasteiger partial charge is 0.0323 e. The molecule has 0 aliphatic heterocycles. The maximum atomic E-state index is 6.28. The molecule has 126 valence electrons. The Bertz CT molecular complexity index is 391. The predicted octanol–water partition coefficient (Wildman–Crippen LogP) is 7.45. The van der Waals surface area contributed by atoms with Crippen molar-refractivity contribution in [2.45, 2.75) is 78.6 Å². The van der Waals surface area contributed by atoms with Crippen molar-refractivity contribution < 1.29 is 0 Å². The molecule has 0 nitrogen and oxygen atoms in total. The molecule has 0 aromatic heterocycles. The molecular formula is C21H35Cl. The van der Waals surface area contributed by atoms with Crippen molar-refractivity contribution in [1.82, 2.24) is 0 Å². The SMILES string of the molecule is C=CC1(CCCC)C=CC(CCl)C(CCCC)=C1CCCC. The molecule has 0 amide bonds. The lowest BCUT2D eigenvalue weighted by Crippen LogP contribution is -2.26. The maximum absolute atomic E-state index is 6.28. The van der Waals surface area contributed by atoms with Crippen LogP contribution in [0.5, 0.6) is 0 Å². The van der Waals surface area contributed by atoms with Crippen LogP contribution in [0.4, 0.5) is 0 Å². The van der Waals surface area contributed by atoms with Crippen LogP contribution < -0.4 is 0 Å². The van der Waals surface area contributed by atoms with Gasteiger partial charge in [0.15, 0.2) is 0 Å². The number of hydrogen-bond acceptors (Lipinski definition) is 0. The van der Waals surface area contributed by atoms with E-state index in [9.17, 15) is 0 Å². The number of unbranched alkanes of at least 4 members (excludes halogenated alkanes) is 3. The van der Waals surface area contributed by atoms with Crippen molar-refractivity contribution in [2.24, 2.45) is 11.3 Å². The first-order valence-corrected chi connectivity index (χ1v) is 9.83. The normalized spacial score (nSPS) is 24.8. The van der Waals surface area contributed by atoms with E-state index in [1.165, 1.54) is 57.8 Å². The predicted molar refractivity (Wildman–Crippen MR) is 102 cm³/mol. The lowest BCUT2D eigenvalue weighted by atomic mass is 9.66. The van der Waals surface area contributed by atoms with Crippen LogP contribution in [-0.2, 0) is 0 Å². The lowest BCUT2D eigenvalue weighted by molar-refractivity contribution is 0.452. The van der Waals surface area contributed by atoms with E-state index in [0.29, 0.717) is 11.8 Å². The first-order valence-electron chi connectivity index (χ1n) is 9.30. The standard InChI is InChI=1S/C21H35Cl/c1-5-9-12-19-18(17-22)14-16-21(8-4,15-11-7-3)20(19)13-10-6-2/h8,14,16,18H,4-7,9-13,15,17H2,1-3H3. The van der Waals surface area contributed by atoms with Gasteiger partial charge >= 0.3 is 0 Å². The molecular weight excluding hydrogens is 288 g/mol. The Balaban J connectivity index is 3.21. The monoisotopic (exact) mass is 322 g/mol. The molecule has 1 rings (SSSR count). The van der Waals surface area contributed by atoms with Gasteiger partial charge in [-0.25, -0.2) is 0 Å². The van der Waals surface area contributed by atoms with Gasteiger partial charge in [0.1, 0.15) is 0 Å². The summed E-state index contributed by atoms with van der Waals surface area (Å²) in [5, 5.41) is 0. The van der Waals surface area contributed by atoms with Crippen LogP contribution in [0.3, 0.4) is 0 Å². The maximum Gasteiger partial charge on any atom is 0.0323 e. The third-order valence-electron chi connectivity index (χ3n) is 5.08. The molecule has 1 aliphatic rings. The Hall–Kier alpha value is -0.490. The molecule has 0 saturated carbocycles. The zero-order chi connectivity index (χ0) is 16.4. The van der Waals surface area contributed by atoms with Crippen LogP contribution in [0, 0.1) is 11.3 Å². The van der Waals surface area contributed by atoms with Crippen LogP contribution in [-0.4, -0.2) is 5.88 Å². The summed E-state index contributed by atoms with van der Waals surface area (Å²) < 4.78 is 0. The second kappa shape index (κ2) is 10.3. The molecule has 0 N–H and O–H groups in total. The lowest BCUT2D eigenvalue weighted by Gasteiger charge is -2.38. The van der Waals surface area contributed by atoms with Crippen LogP contribution in [0.15, 0.2) is 36.0 Å². The highest BCUT2D eigenvalue weighted by Gasteiger charge is 2.34. The van der Waals surface area contributed by atoms with Crippen molar-refractivity contribution >= 4 is 11.6 Å². The van der Waals surface area contributed by atoms with E-state index in [4.69, 9.17) is 11.6 Å². The van der Waals surface area contributed by atoms with Gasteiger partial charge in [-0.05, 0) is 32.1 Å². The quantitative estimate of drug-likeness (QED) is 0.273. The fraction of sp³-hybridized carbons (Fsp3) is 0.714. The first kappa shape index (κ1) is 19.6. The Kier molecular flexibility index (Phi) is 9.17. The number of rotatable bonds is 11. The molecule has 0 aromatic carbocycles. The summed E-state index contributed by atoms with van der Waals surface area (Å²) in [6.45, 7) is 11.1. The van der Waals surface area contributed by atoms with E-state index < -0.39 is 0 Å². The van der Waals surface area contributed by atoms with E-state index in [1.807, 2.05) is 0 Å². The second-order valence-electron chi connectivity index (χ2n) is 6.68. The highest BCUT2D eigenvalue weighted by Crippen LogP contribution is 2.47. The van der Waals surface area contributed by atoms with Crippen molar-refractivity contribution in [3.63, 3.8) is 0 Å². The van der Waals surface area contributed by atoms with E-state index in [0.717, 1.165) is 0 Å². The summed E-state index contributed by atoms with van der Waals surface area (Å²) in [4.78, 5) is 0. The van der Waals surface area contributed by atoms with Crippen molar-refractivity contribution in [1.29, 1.82) is 0 Å². The summed E-state index contributed by atoms with van der Waals surface area (Å²) in [5.74, 6) is 1.15. The second-order valence-corrected chi connectivity index (χ2v) is 6.99. The average Bonchev–Trinajstić information content (AvgIpc) is 2.56. The molecule has 0 saturated heterocycles. The fourth-order valence-corrected chi connectivity index (χ4v) is 3.91. The Morgan fingerprint density at radius 2 is 1.73 bits per heavy atom. The molecule has 1 heteroatoms. The minimum Gasteiger partial charge on any atom is -0.126 e. The number of hydrogen-bond donors (Lipinski definition) is 0. The highest BCUT2D eigenvalue weighted by molar-refractivity contribution is 6.18. The zero-order valence-electron chi connectivity index (χ0n) is 15.0. The van der Waals surface area contributed by atoms with E-state index in [-0.39, 0.29) is 5.41 Å². The molecule has 0 fully saturated rings. The third-order valence-corrected chi connectivity index (χ3v) is 5.41. The molecule has 22 heavy (non-hydrogen) atoms. The van der Waals surface area contributed by atoms with Gasteiger partial charge in [-0.2, -0.15) is 0 Å². The molecule has 0 spiro atoms. The third kappa shape index (κ3) is 4.75. The summed E-state index contributed by atoms with van der Waals surface area (Å²) in [7, 11) is 0. The Morgan fingerprint density at radius 1 is 1.09 bits per heavy atom. The average molecular weight is 323 g/mol. The molecule has 0 bridgehead atoms. The van der Waals surface area contributed by atoms with Crippen molar-refractivity contribution in [3.05, 3.63) is 36.0 Å². The largest absolute Gasteiger partial charge is 0.126 e.